The molecule has 4 N–H and O–H groups in total. The van der Waals surface area contributed by atoms with E-state index in [1.54, 1.807) is 66.7 Å². The summed E-state index contributed by atoms with van der Waals surface area (Å²) in [5.41, 5.74) is 1.75. The van der Waals surface area contributed by atoms with Crippen molar-refractivity contribution < 1.29 is 38.7 Å². The summed E-state index contributed by atoms with van der Waals surface area (Å²) in [6.45, 7) is 3.88. The number of rotatable bonds is 13. The highest BCUT2D eigenvalue weighted by molar-refractivity contribution is 6.67. The van der Waals surface area contributed by atoms with Crippen LogP contribution < -0.4 is 20.1 Å². The molecule has 344 valence electrons. The lowest BCUT2D eigenvalue weighted by atomic mass is 10.3. The van der Waals surface area contributed by atoms with Crippen molar-refractivity contribution in [1.82, 2.24) is 29.5 Å². The first-order valence-electron chi connectivity index (χ1n) is 19.0. The van der Waals surface area contributed by atoms with E-state index in [0.29, 0.717) is 41.8 Å². The van der Waals surface area contributed by atoms with Crippen LogP contribution in [0.4, 0.5) is 11.4 Å². The number of carbonyl (C=O) groups is 2. The Balaban J connectivity index is 0.000000216. The number of hydrogen-bond donors (Lipinski definition) is 4. The van der Waals surface area contributed by atoms with Gasteiger partial charge in [-0.15, -0.1) is 10.2 Å². The Labute approximate surface area is 411 Å². The Kier molecular flexibility index (Phi) is 16.8. The van der Waals surface area contributed by atoms with Crippen LogP contribution in [0, 0.1) is 0 Å². The molecule has 7 rings (SSSR count). The first kappa shape index (κ1) is 50.3. The quantitative estimate of drug-likeness (QED) is 0.0802. The van der Waals surface area contributed by atoms with Crippen molar-refractivity contribution in [2.75, 3.05) is 37.1 Å². The lowest BCUT2D eigenvalue weighted by Gasteiger charge is -2.17. The van der Waals surface area contributed by atoms with E-state index in [0.717, 1.165) is 0 Å². The van der Waals surface area contributed by atoms with Crippen LogP contribution in [0.15, 0.2) is 97.1 Å². The van der Waals surface area contributed by atoms with Crippen LogP contribution in [0.25, 0.3) is 11.4 Å². The van der Waals surface area contributed by atoms with Gasteiger partial charge in [0.25, 0.3) is 11.8 Å². The van der Waals surface area contributed by atoms with Gasteiger partial charge in [-0.1, -0.05) is 129 Å². The summed E-state index contributed by atoms with van der Waals surface area (Å²) in [5.74, 6) is -1.55. The van der Waals surface area contributed by atoms with Crippen molar-refractivity contribution in [2.45, 2.75) is 39.4 Å². The number of amides is 2. The van der Waals surface area contributed by atoms with Gasteiger partial charge in [-0.3, -0.25) is 9.59 Å². The van der Waals surface area contributed by atoms with Crippen molar-refractivity contribution in [1.29, 1.82) is 0 Å². The molecular weight excluding hydrogens is 1020 g/mol. The van der Waals surface area contributed by atoms with Crippen LogP contribution >= 0.6 is 92.8 Å². The predicted octanol–water partition coefficient (Wildman–Crippen LogP) is 9.26. The van der Waals surface area contributed by atoms with Crippen LogP contribution in [-0.4, -0.2) is 96.0 Å². The molecule has 1 aliphatic heterocycles. The fourth-order valence-electron chi connectivity index (χ4n) is 5.69. The predicted molar refractivity (Wildman–Crippen MR) is 249 cm³/mol. The molecule has 2 atom stereocenters. The number of aliphatic hydroxyl groups is 2. The van der Waals surface area contributed by atoms with E-state index >= 15 is 0 Å². The highest BCUT2D eigenvalue weighted by Crippen LogP contribution is 2.39. The Morgan fingerprint density at radius 2 is 1.20 bits per heavy atom. The normalized spacial score (nSPS) is 15.1. The third-order valence-electron chi connectivity index (χ3n) is 8.66. The van der Waals surface area contributed by atoms with E-state index in [9.17, 15) is 14.7 Å². The summed E-state index contributed by atoms with van der Waals surface area (Å²) in [4.78, 5) is 33.8. The van der Waals surface area contributed by atoms with E-state index in [2.05, 4.69) is 30.8 Å². The molecule has 24 heteroatoms. The number of para-hydroxylation sites is 2. The van der Waals surface area contributed by atoms with E-state index < -0.39 is 37.9 Å². The average Bonchev–Trinajstić information content (AvgIpc) is 4.02. The molecule has 16 nitrogen and oxygen atoms in total. The van der Waals surface area contributed by atoms with E-state index in [1.165, 1.54) is 27.6 Å². The van der Waals surface area contributed by atoms with Gasteiger partial charge < -0.3 is 39.8 Å². The van der Waals surface area contributed by atoms with E-state index in [1.807, 2.05) is 26.0 Å². The number of alkyl halides is 6. The van der Waals surface area contributed by atoms with E-state index in [4.69, 9.17) is 117 Å². The van der Waals surface area contributed by atoms with Crippen molar-refractivity contribution in [3.8, 4) is 22.9 Å². The number of aromatic nitrogens is 6. The third-order valence-corrected chi connectivity index (χ3v) is 10.3. The largest absolute Gasteiger partial charge is 0.491 e. The fraction of sp³-hybridized carbons (Fsp3) is 0.268. The molecule has 6 aromatic rings. The Morgan fingerprint density at radius 3 is 1.58 bits per heavy atom. The number of anilines is 2. The van der Waals surface area contributed by atoms with Gasteiger partial charge >= 0.3 is 0 Å². The second-order valence-electron chi connectivity index (χ2n) is 14.1. The second-order valence-corrected chi connectivity index (χ2v) is 19.5. The first-order chi connectivity index (χ1) is 30.7. The summed E-state index contributed by atoms with van der Waals surface area (Å²) < 4.78 is 21.0. The second kappa shape index (κ2) is 21.7. The molecule has 2 unspecified atom stereocenters. The SMILES string of the molecule is CC1(C)OCC(COc2ccc(NC(=O)c3nc(C(Cl)(Cl)Cl)n(-c4ccccc4)n3)c(Cl)c2)O1.O=C(Nc1ccc(OCC(O)CO)cc1Cl)c1nc(C(Cl)(Cl)Cl)n(-c2ccccc2)n1. The summed E-state index contributed by atoms with van der Waals surface area (Å²) in [7, 11) is 0. The van der Waals surface area contributed by atoms with Gasteiger partial charge in [-0.05, 0) is 62.4 Å². The highest BCUT2D eigenvalue weighted by Gasteiger charge is 2.35. The average molecular weight is 1050 g/mol. The summed E-state index contributed by atoms with van der Waals surface area (Å²) in [6, 6.07) is 27.0. The molecule has 3 heterocycles. The van der Waals surface area contributed by atoms with Crippen molar-refractivity contribution in [3.63, 3.8) is 0 Å². The Bertz CT molecular complexity index is 2590. The number of nitrogens with one attached hydrogen (secondary N) is 2. The van der Waals surface area contributed by atoms with Gasteiger partial charge in [0.1, 0.15) is 36.9 Å². The van der Waals surface area contributed by atoms with Crippen molar-refractivity contribution >= 4 is 116 Å². The zero-order chi connectivity index (χ0) is 47.1. The minimum Gasteiger partial charge on any atom is -0.491 e. The highest BCUT2D eigenvalue weighted by atomic mass is 35.6. The molecular formula is C41H36Cl8N8O8. The molecule has 0 spiro atoms. The Morgan fingerprint density at radius 1 is 0.754 bits per heavy atom. The zero-order valence-electron chi connectivity index (χ0n) is 33.8. The lowest BCUT2D eigenvalue weighted by Crippen LogP contribution is -2.25. The summed E-state index contributed by atoms with van der Waals surface area (Å²) in [5, 5.41) is 32.2. The molecule has 0 saturated carbocycles. The first-order valence-corrected chi connectivity index (χ1v) is 22.0. The minimum atomic E-state index is -1.92. The number of carbonyl (C=O) groups excluding carboxylic acids is 2. The third kappa shape index (κ3) is 13.7. The van der Waals surface area contributed by atoms with Gasteiger partial charge in [0.05, 0.1) is 46.0 Å². The maximum Gasteiger partial charge on any atom is 0.295 e. The number of ether oxygens (including phenoxy) is 4. The minimum absolute atomic E-state index is 0.0232. The van der Waals surface area contributed by atoms with Gasteiger partial charge in [-0.25, -0.2) is 19.3 Å². The van der Waals surface area contributed by atoms with Crippen LogP contribution in [-0.2, 0) is 17.1 Å². The number of halogens is 8. The molecule has 1 aliphatic rings. The molecule has 1 saturated heterocycles. The number of aliphatic hydroxyl groups excluding tert-OH is 2. The molecule has 65 heavy (non-hydrogen) atoms. The molecule has 4 aromatic carbocycles. The van der Waals surface area contributed by atoms with Crippen molar-refractivity contribution in [2.24, 2.45) is 0 Å². The number of benzene rings is 4. The van der Waals surface area contributed by atoms with E-state index in [-0.39, 0.29) is 51.7 Å². The molecule has 2 amide bonds. The van der Waals surface area contributed by atoms with Crippen LogP contribution in [0.3, 0.4) is 0 Å². The molecule has 0 bridgehead atoms. The van der Waals surface area contributed by atoms with Gasteiger partial charge in [0.15, 0.2) is 17.4 Å². The zero-order valence-corrected chi connectivity index (χ0v) is 39.8. The molecule has 2 aromatic heterocycles. The van der Waals surface area contributed by atoms with Gasteiger partial charge in [0.2, 0.25) is 19.2 Å². The molecule has 0 radical (unpaired) electrons. The number of hydrogen-bond acceptors (Lipinski definition) is 12. The standard InChI is InChI=1S/C22H20Cl4N4O4.C19H16Cl4N4O4/c1-21(2)33-12-15(34-21)11-32-14-8-9-17(16(23)10-14)27-19(31)18-28-20(22(24,25)26)30(29-18)13-6-4-3-5-7-13;20-14-8-13(31-10-12(29)9-28)6-7-15(14)24-17(30)16-25-18(19(21,22)23)27(26-16)11-4-2-1-3-5-11/h3-10,15H,11-12H2,1-2H3,(H,27,31);1-8,12,28-29H,9-10H2,(H,24,30). The summed E-state index contributed by atoms with van der Waals surface area (Å²) in [6.07, 6.45) is -1.21. The Hall–Kier alpha value is -4.14. The van der Waals surface area contributed by atoms with Gasteiger partial charge in [-0.2, -0.15) is 0 Å². The lowest BCUT2D eigenvalue weighted by molar-refractivity contribution is -0.141. The van der Waals surface area contributed by atoms with Crippen LogP contribution in [0.5, 0.6) is 11.5 Å². The fourth-order valence-corrected chi connectivity index (χ4v) is 6.86. The maximum atomic E-state index is 12.8. The van der Waals surface area contributed by atoms with Crippen LogP contribution in [0.2, 0.25) is 10.0 Å². The monoisotopic (exact) mass is 1050 g/mol. The maximum absolute atomic E-state index is 12.8. The topological polar surface area (TPSA) is 197 Å². The smallest absolute Gasteiger partial charge is 0.295 e. The molecule has 0 aliphatic carbocycles. The van der Waals surface area contributed by atoms with Crippen LogP contribution in [0.1, 0.15) is 46.7 Å². The van der Waals surface area contributed by atoms with Crippen molar-refractivity contribution in [3.05, 3.63) is 130 Å². The molecule has 1 fully saturated rings. The van der Waals surface area contributed by atoms with Gasteiger partial charge in [0, 0.05) is 12.1 Å². The summed E-state index contributed by atoms with van der Waals surface area (Å²) >= 11 is 48.7. The number of nitrogens with zero attached hydrogens (tertiary/aromatic N) is 6.